The van der Waals surface area contributed by atoms with Gasteiger partial charge in [-0.3, -0.25) is 0 Å². The molecule has 0 N–H and O–H groups in total. The number of para-hydroxylation sites is 1. The molecule has 4 nitrogen and oxygen atoms in total. The summed E-state index contributed by atoms with van der Waals surface area (Å²) in [6.07, 6.45) is 0. The van der Waals surface area contributed by atoms with Crippen molar-refractivity contribution in [2.45, 2.75) is 72.0 Å². The lowest BCUT2D eigenvalue weighted by Gasteiger charge is -2.31. The first-order valence-corrected chi connectivity index (χ1v) is 22.8. The Morgan fingerprint density at radius 3 is 1.75 bits per heavy atom. The molecule has 0 saturated heterocycles. The van der Waals surface area contributed by atoms with Gasteiger partial charge in [-0.05, 0) is 71.1 Å². The molecule has 9 heteroatoms. The van der Waals surface area contributed by atoms with Crippen LogP contribution >= 0.6 is 0 Å². The van der Waals surface area contributed by atoms with Crippen LogP contribution in [0.4, 0.5) is 0 Å². The van der Waals surface area contributed by atoms with Crippen LogP contribution < -0.4 is 8.85 Å². The SMILES string of the molecule is C[Si](C)C(O[Si])=C(O[Si](C)(C)C)c1cccc(O[Si](C)(C)C)c1O[Si](C)(C)C. The third-order valence-corrected chi connectivity index (χ3v) is 7.33. The van der Waals surface area contributed by atoms with Crippen LogP contribution in [-0.2, 0) is 8.85 Å². The predicted molar refractivity (Wildman–Crippen MR) is 130 cm³/mol. The first kappa shape index (κ1) is 25.3. The highest BCUT2D eigenvalue weighted by atomic mass is 28.4. The number of hydrogen-bond acceptors (Lipinski definition) is 4. The highest BCUT2D eigenvalue weighted by Gasteiger charge is 2.30. The smallest absolute Gasteiger partial charge is 0.340 e. The fraction of sp³-hybridized carbons (Fsp3) is 0.579. The van der Waals surface area contributed by atoms with Crippen molar-refractivity contribution in [2.24, 2.45) is 0 Å². The Balaban J connectivity index is 3.79. The maximum atomic E-state index is 6.56. The molecule has 0 spiro atoms. The lowest BCUT2D eigenvalue weighted by atomic mass is 10.1. The molecule has 0 unspecified atom stereocenters. The average Bonchev–Trinajstić information content (AvgIpc) is 2.44. The van der Waals surface area contributed by atoms with Crippen molar-refractivity contribution in [3.63, 3.8) is 0 Å². The van der Waals surface area contributed by atoms with Gasteiger partial charge in [0.25, 0.3) is 0 Å². The molecule has 0 heterocycles. The minimum absolute atomic E-state index is 0.779. The summed E-state index contributed by atoms with van der Waals surface area (Å²) in [5.41, 5.74) is 0.917. The van der Waals surface area contributed by atoms with Crippen LogP contribution in [0.15, 0.2) is 23.6 Å². The van der Waals surface area contributed by atoms with Gasteiger partial charge in [0, 0.05) is 0 Å². The molecule has 0 fully saturated rings. The van der Waals surface area contributed by atoms with Crippen molar-refractivity contribution >= 4 is 50.0 Å². The van der Waals surface area contributed by atoms with E-state index in [1.54, 1.807) is 0 Å². The van der Waals surface area contributed by atoms with Crippen molar-refractivity contribution < 1.29 is 17.7 Å². The van der Waals surface area contributed by atoms with E-state index in [1.807, 2.05) is 12.1 Å². The maximum absolute atomic E-state index is 6.56. The minimum atomic E-state index is -1.89. The Bertz CT molecular complexity index is 698. The molecule has 28 heavy (non-hydrogen) atoms. The molecular weight excluding hydrogens is 433 g/mol. The second kappa shape index (κ2) is 9.37. The van der Waals surface area contributed by atoms with E-state index in [0.717, 1.165) is 28.2 Å². The summed E-state index contributed by atoms with van der Waals surface area (Å²) in [6.45, 7) is 24.0. The zero-order valence-electron chi connectivity index (χ0n) is 19.4. The summed E-state index contributed by atoms with van der Waals surface area (Å²) < 4.78 is 25.2. The normalized spacial score (nSPS) is 13.9. The van der Waals surface area contributed by atoms with Gasteiger partial charge in [0.05, 0.1) is 10.9 Å². The Kier molecular flexibility index (Phi) is 8.46. The van der Waals surface area contributed by atoms with Crippen LogP contribution in [0.3, 0.4) is 0 Å². The van der Waals surface area contributed by atoms with E-state index in [-0.39, 0.29) is 0 Å². The Morgan fingerprint density at radius 1 is 0.821 bits per heavy atom. The van der Waals surface area contributed by atoms with Crippen molar-refractivity contribution in [1.29, 1.82) is 0 Å². The molecule has 0 atom stereocenters. The van der Waals surface area contributed by atoms with Crippen molar-refractivity contribution in [2.75, 3.05) is 0 Å². The monoisotopic (exact) mass is 468 g/mol. The first-order chi connectivity index (χ1) is 12.5. The van der Waals surface area contributed by atoms with E-state index in [0.29, 0.717) is 0 Å². The highest BCUT2D eigenvalue weighted by Crippen LogP contribution is 2.41. The Labute approximate surface area is 180 Å². The number of hydrogen-bond donors (Lipinski definition) is 0. The summed E-state index contributed by atoms with van der Waals surface area (Å²) in [7, 11) is -3.24. The zero-order valence-corrected chi connectivity index (χ0v) is 24.4. The van der Waals surface area contributed by atoms with Gasteiger partial charge in [0.2, 0.25) is 25.0 Å². The van der Waals surface area contributed by atoms with Gasteiger partial charge in [-0.15, -0.1) is 0 Å². The summed E-state index contributed by atoms with van der Waals surface area (Å²) in [4.78, 5) is 0. The molecule has 1 aromatic rings. The molecule has 0 bridgehead atoms. The van der Waals surface area contributed by atoms with Crippen molar-refractivity contribution in [3.8, 4) is 11.5 Å². The van der Waals surface area contributed by atoms with Crippen molar-refractivity contribution in [1.82, 2.24) is 0 Å². The van der Waals surface area contributed by atoms with Crippen LogP contribution in [0.25, 0.3) is 5.76 Å². The van der Waals surface area contributed by atoms with E-state index in [1.165, 1.54) is 0 Å². The molecule has 1 aromatic carbocycles. The molecule has 0 aliphatic rings. The summed E-state index contributed by atoms with van der Waals surface area (Å²) in [5, 5.41) is 0.856. The van der Waals surface area contributed by atoms with Gasteiger partial charge in [-0.2, -0.15) is 0 Å². The van der Waals surface area contributed by atoms with Gasteiger partial charge in [-0.1, -0.05) is 19.2 Å². The highest BCUT2D eigenvalue weighted by molar-refractivity contribution is 6.72. The van der Waals surface area contributed by atoms with E-state index >= 15 is 0 Å². The lowest BCUT2D eigenvalue weighted by molar-refractivity contribution is 0.443. The average molecular weight is 469 g/mol. The summed E-state index contributed by atoms with van der Waals surface area (Å²) in [5.74, 6) is 2.36. The topological polar surface area (TPSA) is 36.9 Å². The second-order valence-electron chi connectivity index (χ2n) is 10.0. The quantitative estimate of drug-likeness (QED) is 0.327. The van der Waals surface area contributed by atoms with Crippen LogP contribution in [-0.4, -0.2) is 44.2 Å². The van der Waals surface area contributed by atoms with Gasteiger partial charge >= 0.3 is 10.5 Å². The summed E-state index contributed by atoms with van der Waals surface area (Å²) >= 11 is 0. The predicted octanol–water partition coefficient (Wildman–Crippen LogP) is 6.03. The maximum Gasteiger partial charge on any atom is 0.340 e. The van der Waals surface area contributed by atoms with Crippen LogP contribution in [0.5, 0.6) is 11.5 Å². The fourth-order valence-electron chi connectivity index (χ4n) is 2.42. The van der Waals surface area contributed by atoms with E-state index in [4.69, 9.17) is 17.7 Å². The second-order valence-corrected chi connectivity index (χ2v) is 26.0. The number of rotatable bonds is 9. The molecule has 0 aliphatic heterocycles. The largest absolute Gasteiger partial charge is 0.544 e. The first-order valence-electron chi connectivity index (χ1n) is 9.63. The molecule has 4 radical (unpaired) electrons. The lowest BCUT2D eigenvalue weighted by Crippen LogP contribution is -2.33. The third kappa shape index (κ3) is 8.31. The molecule has 1 rings (SSSR count). The molecule has 0 amide bonds. The Morgan fingerprint density at radius 2 is 1.36 bits per heavy atom. The molecule has 0 aromatic heterocycles. The van der Waals surface area contributed by atoms with E-state index in [9.17, 15) is 0 Å². The standard InChI is InChI=1S/C19H36O4Si5/c1-25(2)19(20-24)18(23-28(9,10)11)15-13-12-14-16(21-26(3,4)5)17(15)22-27(6,7)8/h12-14H,1-11H3. The van der Waals surface area contributed by atoms with E-state index in [2.05, 4.69) is 88.6 Å². The zero-order chi connectivity index (χ0) is 21.9. The van der Waals surface area contributed by atoms with Gasteiger partial charge in [0.1, 0.15) is 20.3 Å². The third-order valence-electron chi connectivity index (χ3n) is 3.22. The van der Waals surface area contributed by atoms with Gasteiger partial charge in [0.15, 0.2) is 5.75 Å². The molecule has 0 aliphatic carbocycles. The molecular formula is C19H36O4Si5. The van der Waals surface area contributed by atoms with Gasteiger partial charge < -0.3 is 17.7 Å². The van der Waals surface area contributed by atoms with E-state index < -0.39 is 33.7 Å². The molecule has 156 valence electrons. The van der Waals surface area contributed by atoms with Crippen LogP contribution in [0.1, 0.15) is 5.56 Å². The molecule has 0 saturated carbocycles. The minimum Gasteiger partial charge on any atom is -0.544 e. The Hall–Kier alpha value is -0.756. The van der Waals surface area contributed by atoms with Crippen LogP contribution in [0, 0.1) is 0 Å². The van der Waals surface area contributed by atoms with Gasteiger partial charge in [-0.25, -0.2) is 0 Å². The number of benzene rings is 1. The summed E-state index contributed by atoms with van der Waals surface area (Å²) in [6, 6.07) is 6.07. The fourth-order valence-corrected chi connectivity index (χ4v) is 6.53. The van der Waals surface area contributed by atoms with Crippen LogP contribution in [0.2, 0.25) is 72.0 Å². The van der Waals surface area contributed by atoms with Crippen molar-refractivity contribution in [3.05, 3.63) is 29.1 Å².